The maximum absolute atomic E-state index is 14.2. The molecule has 100 valence electrons. The minimum atomic E-state index is -0.640. The molecule has 1 aromatic heterocycles. The van der Waals surface area contributed by atoms with Crippen LogP contribution in [0, 0.1) is 18.6 Å². The molecule has 0 aliphatic heterocycles. The average Bonchev–Trinajstić information content (AvgIpc) is 2.43. The van der Waals surface area contributed by atoms with E-state index in [9.17, 15) is 8.78 Å². The van der Waals surface area contributed by atoms with Gasteiger partial charge in [-0.2, -0.15) is 0 Å². The molecule has 2 aromatic rings. The number of nitrogens with zero attached hydrogens (tertiary/aromatic N) is 2. The molecular formula is C14H15F2N3. The van der Waals surface area contributed by atoms with E-state index in [4.69, 9.17) is 0 Å². The largest absolute Gasteiger partial charge is 0.305 e. The van der Waals surface area contributed by atoms with Gasteiger partial charge in [-0.25, -0.2) is 8.78 Å². The number of hydrogen-bond donors (Lipinski definition) is 1. The van der Waals surface area contributed by atoms with Crippen LogP contribution in [0.15, 0.2) is 30.7 Å². The number of rotatable bonds is 4. The molecule has 0 spiro atoms. The van der Waals surface area contributed by atoms with Crippen LogP contribution in [0.4, 0.5) is 8.78 Å². The average molecular weight is 263 g/mol. The first-order valence-corrected chi connectivity index (χ1v) is 6.09. The van der Waals surface area contributed by atoms with Crippen molar-refractivity contribution < 1.29 is 8.78 Å². The topological polar surface area (TPSA) is 37.8 Å². The van der Waals surface area contributed by atoms with Crippen molar-refractivity contribution in [3.63, 3.8) is 0 Å². The lowest BCUT2D eigenvalue weighted by molar-refractivity contribution is 0.501. The Hall–Kier alpha value is -1.88. The fraction of sp³-hybridized carbons (Fsp3) is 0.286. The van der Waals surface area contributed by atoms with Crippen molar-refractivity contribution >= 4 is 0 Å². The third-order valence-corrected chi connectivity index (χ3v) is 2.90. The van der Waals surface area contributed by atoms with Gasteiger partial charge in [-0.05, 0) is 25.1 Å². The molecule has 0 radical (unpaired) electrons. The molecule has 1 atom stereocenters. The van der Waals surface area contributed by atoms with Crippen molar-refractivity contribution in [2.45, 2.75) is 19.9 Å². The van der Waals surface area contributed by atoms with Gasteiger partial charge >= 0.3 is 0 Å². The molecule has 1 aromatic carbocycles. The number of aryl methyl sites for hydroxylation is 1. The van der Waals surface area contributed by atoms with Crippen LogP contribution >= 0.6 is 0 Å². The van der Waals surface area contributed by atoms with Gasteiger partial charge in [0.2, 0.25) is 0 Å². The highest BCUT2D eigenvalue weighted by Crippen LogP contribution is 2.27. The van der Waals surface area contributed by atoms with Crippen LogP contribution in [-0.2, 0) is 0 Å². The van der Waals surface area contributed by atoms with Crippen LogP contribution in [-0.4, -0.2) is 16.5 Å². The van der Waals surface area contributed by atoms with Crippen molar-refractivity contribution in [2.75, 3.05) is 6.54 Å². The molecule has 0 bridgehead atoms. The molecule has 0 aliphatic carbocycles. The second-order valence-electron chi connectivity index (χ2n) is 4.21. The Bertz CT molecular complexity index is 558. The summed E-state index contributed by atoms with van der Waals surface area (Å²) in [6, 6.07) is 2.06. The van der Waals surface area contributed by atoms with Gasteiger partial charge in [0, 0.05) is 18.0 Å². The first-order chi connectivity index (χ1) is 9.15. The summed E-state index contributed by atoms with van der Waals surface area (Å²) in [5, 5.41) is 3.04. The minimum Gasteiger partial charge on any atom is -0.305 e. The lowest BCUT2D eigenvalue weighted by Gasteiger charge is -2.19. The van der Waals surface area contributed by atoms with E-state index in [-0.39, 0.29) is 5.56 Å². The molecule has 0 amide bonds. The fourth-order valence-corrected chi connectivity index (χ4v) is 1.96. The van der Waals surface area contributed by atoms with Crippen molar-refractivity contribution in [2.24, 2.45) is 0 Å². The molecule has 5 heteroatoms. The number of aromatic nitrogens is 2. The zero-order valence-corrected chi connectivity index (χ0v) is 10.8. The van der Waals surface area contributed by atoms with Crippen molar-refractivity contribution in [3.05, 3.63) is 59.2 Å². The van der Waals surface area contributed by atoms with E-state index >= 15 is 0 Å². The monoisotopic (exact) mass is 263 g/mol. The summed E-state index contributed by atoms with van der Waals surface area (Å²) in [4.78, 5) is 8.08. The predicted octanol–water partition coefficient (Wildman–Crippen LogP) is 2.76. The molecule has 19 heavy (non-hydrogen) atoms. The van der Waals surface area contributed by atoms with Gasteiger partial charge in [0.1, 0.15) is 11.6 Å². The Kier molecular flexibility index (Phi) is 4.16. The van der Waals surface area contributed by atoms with Crippen LogP contribution in [0.1, 0.15) is 29.8 Å². The van der Waals surface area contributed by atoms with Crippen molar-refractivity contribution in [3.8, 4) is 0 Å². The second kappa shape index (κ2) is 5.84. The van der Waals surface area contributed by atoms with Gasteiger partial charge in [0.15, 0.2) is 0 Å². The van der Waals surface area contributed by atoms with Crippen molar-refractivity contribution in [1.29, 1.82) is 0 Å². The highest BCUT2D eigenvalue weighted by Gasteiger charge is 2.23. The van der Waals surface area contributed by atoms with E-state index in [1.807, 2.05) is 6.92 Å². The predicted molar refractivity (Wildman–Crippen MR) is 68.6 cm³/mol. The Morgan fingerprint density at radius 3 is 2.68 bits per heavy atom. The van der Waals surface area contributed by atoms with E-state index in [0.29, 0.717) is 17.8 Å². The molecule has 1 N–H and O–H groups in total. The van der Waals surface area contributed by atoms with Crippen LogP contribution in [0.25, 0.3) is 0 Å². The lowest BCUT2D eigenvalue weighted by Crippen LogP contribution is -2.25. The van der Waals surface area contributed by atoms with Crippen LogP contribution in [0.5, 0.6) is 0 Å². The minimum absolute atomic E-state index is 0.0117. The van der Waals surface area contributed by atoms with E-state index in [0.717, 1.165) is 0 Å². The molecule has 1 heterocycles. The summed E-state index contributed by atoms with van der Waals surface area (Å²) >= 11 is 0. The SMILES string of the molecule is CCNC(c1cnccn1)c1c(F)ccc(C)c1F. The summed E-state index contributed by atoms with van der Waals surface area (Å²) in [5.74, 6) is -1.13. The number of hydrogen-bond acceptors (Lipinski definition) is 3. The molecule has 3 nitrogen and oxygen atoms in total. The quantitative estimate of drug-likeness (QED) is 0.921. The van der Waals surface area contributed by atoms with Gasteiger partial charge in [-0.15, -0.1) is 0 Å². The maximum atomic E-state index is 14.2. The van der Waals surface area contributed by atoms with E-state index in [1.165, 1.54) is 30.7 Å². The molecule has 1 unspecified atom stereocenters. The summed E-state index contributed by atoms with van der Waals surface area (Å²) in [7, 11) is 0. The van der Waals surface area contributed by atoms with Gasteiger partial charge in [0.25, 0.3) is 0 Å². The Morgan fingerprint density at radius 2 is 2.05 bits per heavy atom. The number of nitrogens with one attached hydrogen (secondary N) is 1. The maximum Gasteiger partial charge on any atom is 0.134 e. The first-order valence-electron chi connectivity index (χ1n) is 6.09. The van der Waals surface area contributed by atoms with Crippen LogP contribution < -0.4 is 5.32 Å². The van der Waals surface area contributed by atoms with E-state index < -0.39 is 17.7 Å². The summed E-state index contributed by atoms with van der Waals surface area (Å²) in [6.07, 6.45) is 4.54. The highest BCUT2D eigenvalue weighted by molar-refractivity contribution is 5.33. The van der Waals surface area contributed by atoms with Crippen LogP contribution in [0.3, 0.4) is 0 Å². The zero-order chi connectivity index (χ0) is 13.8. The highest BCUT2D eigenvalue weighted by atomic mass is 19.1. The van der Waals surface area contributed by atoms with Gasteiger partial charge in [0.05, 0.1) is 17.9 Å². The van der Waals surface area contributed by atoms with Crippen LogP contribution in [0.2, 0.25) is 0 Å². The van der Waals surface area contributed by atoms with Crippen molar-refractivity contribution in [1.82, 2.24) is 15.3 Å². The molecule has 2 rings (SSSR count). The second-order valence-corrected chi connectivity index (χ2v) is 4.21. The normalized spacial score (nSPS) is 12.4. The molecule has 0 fully saturated rings. The standard InChI is InChI=1S/C14H15F2N3/c1-3-18-14(11-8-17-6-7-19-11)12-10(15)5-4-9(2)13(12)16/h4-8,14,18H,3H2,1-2H3. The Labute approximate surface area is 110 Å². The Balaban J connectivity index is 2.54. The number of benzene rings is 1. The summed E-state index contributed by atoms with van der Waals surface area (Å²) < 4.78 is 28.2. The van der Waals surface area contributed by atoms with Gasteiger partial charge < -0.3 is 5.32 Å². The zero-order valence-electron chi connectivity index (χ0n) is 10.8. The summed E-state index contributed by atoms with van der Waals surface area (Å²) in [6.45, 7) is 4.04. The van der Waals surface area contributed by atoms with Gasteiger partial charge in [-0.3, -0.25) is 9.97 Å². The molecule has 0 saturated heterocycles. The smallest absolute Gasteiger partial charge is 0.134 e. The Morgan fingerprint density at radius 1 is 1.26 bits per heavy atom. The lowest BCUT2D eigenvalue weighted by atomic mass is 10.00. The molecule has 0 aliphatic rings. The molecule has 0 saturated carbocycles. The van der Waals surface area contributed by atoms with E-state index in [2.05, 4.69) is 15.3 Å². The van der Waals surface area contributed by atoms with Gasteiger partial charge in [-0.1, -0.05) is 13.0 Å². The first kappa shape index (κ1) is 13.5. The summed E-state index contributed by atoms with van der Waals surface area (Å²) in [5.41, 5.74) is 0.887. The fourth-order valence-electron chi connectivity index (χ4n) is 1.96. The number of halogens is 2. The van der Waals surface area contributed by atoms with E-state index in [1.54, 1.807) is 6.92 Å². The third kappa shape index (κ3) is 2.76. The molecular weight excluding hydrogens is 248 g/mol. The third-order valence-electron chi connectivity index (χ3n) is 2.90.